The van der Waals surface area contributed by atoms with Gasteiger partial charge in [0.25, 0.3) is 0 Å². The molecule has 0 saturated carbocycles. The first-order valence-electron chi connectivity index (χ1n) is 8.97. The molecule has 0 aliphatic carbocycles. The molecule has 1 aliphatic heterocycles. The Hall–Kier alpha value is -2.78. The number of aromatic nitrogens is 1. The summed E-state index contributed by atoms with van der Waals surface area (Å²) in [5, 5.41) is 5.99. The molecule has 28 heavy (non-hydrogen) atoms. The Labute approximate surface area is 158 Å². The summed E-state index contributed by atoms with van der Waals surface area (Å²) < 4.78 is 49.4. The highest BCUT2D eigenvalue weighted by atomic mass is 19.4. The molecule has 1 saturated heterocycles. The Morgan fingerprint density at radius 1 is 1.32 bits per heavy atom. The number of aryl methyl sites for hydroxylation is 1. The summed E-state index contributed by atoms with van der Waals surface area (Å²) in [6.07, 6.45) is -2.95. The fourth-order valence-electron chi connectivity index (χ4n) is 3.12. The molecule has 1 N–H and O–H groups in total. The first kappa shape index (κ1) is 20.0. The highest BCUT2D eigenvalue weighted by Gasteiger charge is 2.38. The van der Waals surface area contributed by atoms with E-state index >= 15 is 0 Å². The van der Waals surface area contributed by atoms with E-state index in [-0.39, 0.29) is 42.4 Å². The Kier molecular flexibility index (Phi) is 5.76. The lowest BCUT2D eigenvalue weighted by Crippen LogP contribution is -2.51. The van der Waals surface area contributed by atoms with Crippen LogP contribution in [0.3, 0.4) is 0 Å². The van der Waals surface area contributed by atoms with Gasteiger partial charge >= 0.3 is 6.18 Å². The summed E-state index contributed by atoms with van der Waals surface area (Å²) in [6.45, 7) is 2.52. The van der Waals surface area contributed by atoms with E-state index in [0.29, 0.717) is 37.1 Å². The van der Waals surface area contributed by atoms with E-state index in [1.54, 1.807) is 0 Å². The maximum absolute atomic E-state index is 13.0. The number of piperazine rings is 1. The van der Waals surface area contributed by atoms with Gasteiger partial charge in [-0.1, -0.05) is 18.5 Å². The Balaban J connectivity index is 1.69. The number of benzene rings is 1. The normalized spacial score (nSPS) is 15.2. The fraction of sp³-hybridized carbons (Fsp3) is 0.500. The van der Waals surface area contributed by atoms with E-state index in [0.717, 1.165) is 0 Å². The van der Waals surface area contributed by atoms with E-state index in [4.69, 9.17) is 4.74 Å². The molecule has 0 unspecified atom stereocenters. The van der Waals surface area contributed by atoms with Gasteiger partial charge in [-0.2, -0.15) is 13.2 Å². The number of halogens is 3. The van der Waals surface area contributed by atoms with Crippen LogP contribution in [-0.4, -0.2) is 48.1 Å². The number of carbonyl (C=O) groups is 2. The predicted molar refractivity (Wildman–Crippen MR) is 92.7 cm³/mol. The first-order valence-corrected chi connectivity index (χ1v) is 8.97. The summed E-state index contributed by atoms with van der Waals surface area (Å²) >= 11 is 0. The van der Waals surface area contributed by atoms with E-state index in [1.807, 2.05) is 6.92 Å². The van der Waals surface area contributed by atoms with Gasteiger partial charge in [0.15, 0.2) is 0 Å². The number of fused-ring (bicyclic) bond motifs is 1. The van der Waals surface area contributed by atoms with Crippen LogP contribution in [0.25, 0.3) is 10.9 Å². The molecule has 2 heterocycles. The van der Waals surface area contributed by atoms with Crippen LogP contribution >= 0.6 is 0 Å². The average Bonchev–Trinajstić information content (AvgIpc) is 3.07. The number of nitrogens with zero attached hydrogens (tertiary/aromatic N) is 2. The molecule has 3 rings (SSSR count). The molecule has 0 spiro atoms. The van der Waals surface area contributed by atoms with Crippen LogP contribution in [0, 0.1) is 0 Å². The van der Waals surface area contributed by atoms with Gasteiger partial charge in [-0.3, -0.25) is 9.59 Å². The molecule has 0 radical (unpaired) electrons. The highest BCUT2D eigenvalue weighted by molar-refractivity contribution is 5.92. The first-order chi connectivity index (χ1) is 13.3. The van der Waals surface area contributed by atoms with E-state index < -0.39 is 11.9 Å². The van der Waals surface area contributed by atoms with Crippen molar-refractivity contribution in [2.75, 3.05) is 26.2 Å². The third-order valence-electron chi connectivity index (χ3n) is 4.42. The van der Waals surface area contributed by atoms with Crippen molar-refractivity contribution in [3.8, 4) is 5.75 Å². The SMILES string of the molecule is CCCc1c(OCCCN2CC(=O)NCC2=O)ccc2c(C(F)(F)F)onc12. The van der Waals surface area contributed by atoms with Crippen LogP contribution in [0.1, 0.15) is 31.1 Å². The largest absolute Gasteiger partial charge is 0.493 e. The van der Waals surface area contributed by atoms with Crippen molar-refractivity contribution in [1.82, 2.24) is 15.4 Å². The Morgan fingerprint density at radius 3 is 2.82 bits per heavy atom. The van der Waals surface area contributed by atoms with Gasteiger partial charge in [0.1, 0.15) is 11.3 Å². The highest BCUT2D eigenvalue weighted by Crippen LogP contribution is 2.38. The van der Waals surface area contributed by atoms with E-state index in [9.17, 15) is 22.8 Å². The van der Waals surface area contributed by atoms with Crippen molar-refractivity contribution in [1.29, 1.82) is 0 Å². The molecule has 10 heteroatoms. The van der Waals surface area contributed by atoms with Crippen molar-refractivity contribution < 1.29 is 32.0 Å². The number of ether oxygens (including phenoxy) is 1. The smallest absolute Gasteiger partial charge is 0.453 e. The molecular formula is C18H20F3N3O4. The van der Waals surface area contributed by atoms with Crippen LogP contribution < -0.4 is 10.1 Å². The summed E-state index contributed by atoms with van der Waals surface area (Å²) in [4.78, 5) is 24.5. The molecule has 1 aromatic heterocycles. The van der Waals surface area contributed by atoms with Crippen LogP contribution in [-0.2, 0) is 22.2 Å². The zero-order chi connectivity index (χ0) is 20.3. The lowest BCUT2D eigenvalue weighted by molar-refractivity contribution is -0.154. The van der Waals surface area contributed by atoms with Crippen LogP contribution in [0.4, 0.5) is 13.2 Å². The van der Waals surface area contributed by atoms with Crippen molar-refractivity contribution in [3.05, 3.63) is 23.5 Å². The topological polar surface area (TPSA) is 84.7 Å². The second-order valence-electron chi connectivity index (χ2n) is 6.49. The summed E-state index contributed by atoms with van der Waals surface area (Å²) in [5.74, 6) is -1.04. The van der Waals surface area contributed by atoms with Gasteiger partial charge in [0.05, 0.1) is 25.1 Å². The third-order valence-corrected chi connectivity index (χ3v) is 4.42. The van der Waals surface area contributed by atoms with Gasteiger partial charge < -0.3 is 19.5 Å². The molecular weight excluding hydrogens is 379 g/mol. The second-order valence-corrected chi connectivity index (χ2v) is 6.49. The average molecular weight is 399 g/mol. The minimum atomic E-state index is -4.62. The van der Waals surface area contributed by atoms with Gasteiger partial charge in [-0.25, -0.2) is 0 Å². The molecule has 2 aromatic rings. The number of nitrogens with one attached hydrogen (secondary N) is 1. The minimum absolute atomic E-state index is 0.00922. The number of amides is 2. The van der Waals surface area contributed by atoms with Crippen molar-refractivity contribution in [2.24, 2.45) is 0 Å². The van der Waals surface area contributed by atoms with Crippen molar-refractivity contribution in [3.63, 3.8) is 0 Å². The summed E-state index contributed by atoms with van der Waals surface area (Å²) in [5.41, 5.74) is 0.710. The summed E-state index contributed by atoms with van der Waals surface area (Å²) in [6, 6.07) is 2.78. The molecule has 0 bridgehead atoms. The molecule has 152 valence electrons. The van der Waals surface area contributed by atoms with E-state index in [1.165, 1.54) is 17.0 Å². The minimum Gasteiger partial charge on any atom is -0.493 e. The zero-order valence-corrected chi connectivity index (χ0v) is 15.3. The van der Waals surface area contributed by atoms with Crippen molar-refractivity contribution in [2.45, 2.75) is 32.4 Å². The quantitative estimate of drug-likeness (QED) is 0.724. The number of hydrogen-bond acceptors (Lipinski definition) is 5. The number of carbonyl (C=O) groups excluding carboxylic acids is 2. The molecule has 2 amide bonds. The maximum atomic E-state index is 13.0. The van der Waals surface area contributed by atoms with Crippen molar-refractivity contribution >= 4 is 22.7 Å². The van der Waals surface area contributed by atoms with Gasteiger partial charge in [0.2, 0.25) is 17.6 Å². The molecule has 1 aromatic carbocycles. The fourth-order valence-corrected chi connectivity index (χ4v) is 3.12. The maximum Gasteiger partial charge on any atom is 0.453 e. The molecule has 0 atom stereocenters. The number of rotatable bonds is 7. The monoisotopic (exact) mass is 399 g/mol. The molecule has 1 fully saturated rings. The predicted octanol–water partition coefficient (Wildman–Crippen LogP) is 2.53. The second kappa shape index (κ2) is 8.07. The van der Waals surface area contributed by atoms with Crippen LogP contribution in [0.15, 0.2) is 16.7 Å². The number of hydrogen-bond donors (Lipinski definition) is 1. The number of alkyl halides is 3. The lowest BCUT2D eigenvalue weighted by Gasteiger charge is -2.26. The zero-order valence-electron chi connectivity index (χ0n) is 15.3. The third kappa shape index (κ3) is 4.20. The Bertz CT molecular complexity index is 879. The summed E-state index contributed by atoms with van der Waals surface area (Å²) in [7, 11) is 0. The standard InChI is InChI=1S/C18H20F3N3O4/c1-2-4-11-13(6-5-12-16(11)23-28-17(12)18(19,20)21)27-8-3-7-24-10-14(25)22-9-15(24)26/h5-6H,2-4,7-10H2,1H3,(H,22,25). The van der Waals surface area contributed by atoms with Gasteiger partial charge in [0, 0.05) is 12.1 Å². The van der Waals surface area contributed by atoms with Crippen LogP contribution in [0.5, 0.6) is 5.75 Å². The lowest BCUT2D eigenvalue weighted by atomic mass is 10.0. The Morgan fingerprint density at radius 2 is 2.11 bits per heavy atom. The molecule has 1 aliphatic rings. The van der Waals surface area contributed by atoms with Gasteiger partial charge in [-0.15, -0.1) is 0 Å². The van der Waals surface area contributed by atoms with Gasteiger partial charge in [-0.05, 0) is 25.0 Å². The molecule has 7 nitrogen and oxygen atoms in total. The van der Waals surface area contributed by atoms with E-state index in [2.05, 4.69) is 15.0 Å². The van der Waals surface area contributed by atoms with Crippen LogP contribution in [0.2, 0.25) is 0 Å².